The minimum absolute atomic E-state index is 0.00827. The van der Waals surface area contributed by atoms with E-state index in [9.17, 15) is 4.79 Å². The fraction of sp³-hybridized carbons (Fsp3) is 0.318. The molecular formula is C22H23ClN4O3. The largest absolute Gasteiger partial charge is 0.494 e. The summed E-state index contributed by atoms with van der Waals surface area (Å²) in [4.78, 5) is 20.3. The van der Waals surface area contributed by atoms with Crippen molar-refractivity contribution in [1.82, 2.24) is 9.97 Å². The Morgan fingerprint density at radius 3 is 2.70 bits per heavy atom. The first kappa shape index (κ1) is 20.2. The van der Waals surface area contributed by atoms with Gasteiger partial charge in [0.05, 0.1) is 13.3 Å². The predicted molar refractivity (Wildman–Crippen MR) is 116 cm³/mol. The third-order valence-corrected chi connectivity index (χ3v) is 5.60. The lowest BCUT2D eigenvalue weighted by Gasteiger charge is -2.30. The maximum Gasteiger partial charge on any atom is 0.254 e. The molecule has 3 aromatic rings. The van der Waals surface area contributed by atoms with E-state index in [1.54, 1.807) is 31.6 Å². The summed E-state index contributed by atoms with van der Waals surface area (Å²) in [5, 5.41) is 6.09. The molecule has 0 aliphatic heterocycles. The predicted octanol–water partition coefficient (Wildman–Crippen LogP) is 4.19. The molecule has 1 aliphatic carbocycles. The van der Waals surface area contributed by atoms with Crippen molar-refractivity contribution in [3.63, 3.8) is 0 Å². The van der Waals surface area contributed by atoms with Gasteiger partial charge in [0.1, 0.15) is 23.2 Å². The van der Waals surface area contributed by atoms with Crippen molar-refractivity contribution in [1.29, 1.82) is 0 Å². The number of pyridine rings is 2. The molecule has 0 unspecified atom stereocenters. The number of benzene rings is 1. The maximum atomic E-state index is 11.6. The Bertz CT molecular complexity index is 1070. The van der Waals surface area contributed by atoms with Crippen LogP contribution in [-0.4, -0.2) is 35.1 Å². The van der Waals surface area contributed by atoms with E-state index in [0.29, 0.717) is 22.2 Å². The lowest BCUT2D eigenvalue weighted by molar-refractivity contribution is 0.0983. The summed E-state index contributed by atoms with van der Waals surface area (Å²) in [5.74, 6) is 1.27. The van der Waals surface area contributed by atoms with Gasteiger partial charge >= 0.3 is 0 Å². The summed E-state index contributed by atoms with van der Waals surface area (Å²) in [7, 11) is 1.63. The summed E-state index contributed by atoms with van der Waals surface area (Å²) >= 11 is 6.21. The highest BCUT2D eigenvalue weighted by molar-refractivity contribution is 6.31. The van der Waals surface area contributed by atoms with Gasteiger partial charge in [-0.2, -0.15) is 0 Å². The molecule has 30 heavy (non-hydrogen) atoms. The highest BCUT2D eigenvalue weighted by Crippen LogP contribution is 2.33. The highest BCUT2D eigenvalue weighted by atomic mass is 35.5. The van der Waals surface area contributed by atoms with E-state index in [1.165, 1.54) is 0 Å². The van der Waals surface area contributed by atoms with Crippen LogP contribution in [0.25, 0.3) is 10.8 Å². The molecule has 1 amide bonds. The van der Waals surface area contributed by atoms with Crippen LogP contribution in [0.5, 0.6) is 11.6 Å². The van der Waals surface area contributed by atoms with Gasteiger partial charge in [-0.15, -0.1) is 0 Å². The average molecular weight is 427 g/mol. The van der Waals surface area contributed by atoms with Crippen LogP contribution in [0.2, 0.25) is 5.02 Å². The summed E-state index contributed by atoms with van der Waals surface area (Å²) in [6, 6.07) is 9.24. The first-order chi connectivity index (χ1) is 14.5. The fourth-order valence-electron chi connectivity index (χ4n) is 3.82. The smallest absolute Gasteiger partial charge is 0.254 e. The molecule has 4 rings (SSSR count). The number of halogens is 1. The Kier molecular flexibility index (Phi) is 5.90. The van der Waals surface area contributed by atoms with Crippen molar-refractivity contribution in [2.75, 3.05) is 12.4 Å². The van der Waals surface area contributed by atoms with Gasteiger partial charge in [0.25, 0.3) is 5.91 Å². The van der Waals surface area contributed by atoms with E-state index in [-0.39, 0.29) is 12.1 Å². The number of fused-ring (bicyclic) bond motifs is 1. The summed E-state index contributed by atoms with van der Waals surface area (Å²) in [5.41, 5.74) is 5.72. The number of aromatic nitrogens is 2. The molecule has 2 aromatic heterocycles. The van der Waals surface area contributed by atoms with Crippen molar-refractivity contribution < 1.29 is 14.3 Å². The van der Waals surface area contributed by atoms with Gasteiger partial charge in [-0.25, -0.2) is 9.97 Å². The molecule has 3 N–H and O–H groups in total. The van der Waals surface area contributed by atoms with E-state index in [4.69, 9.17) is 26.8 Å². The fourth-order valence-corrected chi connectivity index (χ4v) is 3.99. The van der Waals surface area contributed by atoms with Gasteiger partial charge in [0.15, 0.2) is 0 Å². The second-order valence-corrected chi connectivity index (χ2v) is 7.76. The molecule has 0 saturated heterocycles. The zero-order chi connectivity index (χ0) is 21.1. The number of rotatable bonds is 6. The van der Waals surface area contributed by atoms with Gasteiger partial charge in [0.2, 0.25) is 5.88 Å². The quantitative estimate of drug-likeness (QED) is 0.613. The normalized spacial score (nSPS) is 18.7. The molecule has 0 spiro atoms. The van der Waals surface area contributed by atoms with Crippen LogP contribution in [0.15, 0.2) is 42.7 Å². The Hall–Kier alpha value is -3.06. The molecule has 1 fully saturated rings. The molecule has 0 atom stereocenters. The highest BCUT2D eigenvalue weighted by Gasteiger charge is 2.25. The number of nitrogens with zero attached hydrogens (tertiary/aromatic N) is 2. The number of anilines is 1. The number of hydrogen-bond donors (Lipinski definition) is 2. The summed E-state index contributed by atoms with van der Waals surface area (Å²) < 4.78 is 11.4. The Labute approximate surface area is 179 Å². The topological polar surface area (TPSA) is 99.4 Å². The number of nitrogens with two attached hydrogens (primary N) is 1. The lowest BCUT2D eigenvalue weighted by Crippen LogP contribution is -2.32. The van der Waals surface area contributed by atoms with Crippen molar-refractivity contribution in [3.8, 4) is 11.6 Å². The zero-order valence-corrected chi connectivity index (χ0v) is 17.4. The molecule has 0 bridgehead atoms. The molecular weight excluding hydrogens is 404 g/mol. The van der Waals surface area contributed by atoms with Crippen LogP contribution < -0.4 is 20.5 Å². The number of ether oxygens (including phenoxy) is 2. The molecule has 8 heteroatoms. The monoisotopic (exact) mass is 426 g/mol. The zero-order valence-electron chi connectivity index (χ0n) is 16.6. The van der Waals surface area contributed by atoms with Crippen LogP contribution in [0.1, 0.15) is 36.0 Å². The van der Waals surface area contributed by atoms with Crippen molar-refractivity contribution >= 4 is 34.1 Å². The molecule has 7 nitrogen and oxygen atoms in total. The van der Waals surface area contributed by atoms with Gasteiger partial charge < -0.3 is 20.5 Å². The molecule has 156 valence electrons. The molecule has 1 aliphatic rings. The Morgan fingerprint density at radius 2 is 1.97 bits per heavy atom. The van der Waals surface area contributed by atoms with Gasteiger partial charge in [-0.1, -0.05) is 11.6 Å². The standard InChI is InChI=1S/C22H23ClN4O3/c1-29-19-12-26-21(18-11-13(23)4-9-16(18)19)27-14-5-7-15(8-6-14)30-22-17(20(24)28)3-2-10-25-22/h2-4,9-12,14-15H,5-8H2,1H3,(H2,24,28)(H,26,27). The van der Waals surface area contributed by atoms with Crippen LogP contribution >= 0.6 is 11.6 Å². The van der Waals surface area contributed by atoms with E-state index in [0.717, 1.165) is 42.3 Å². The van der Waals surface area contributed by atoms with Crippen LogP contribution in [0.3, 0.4) is 0 Å². The number of amides is 1. The maximum absolute atomic E-state index is 11.6. The number of carbonyl (C=O) groups is 1. The van der Waals surface area contributed by atoms with Crippen LogP contribution in [0.4, 0.5) is 5.82 Å². The van der Waals surface area contributed by atoms with Crippen LogP contribution in [-0.2, 0) is 0 Å². The number of nitrogens with one attached hydrogen (secondary N) is 1. The lowest BCUT2D eigenvalue weighted by atomic mass is 9.92. The average Bonchev–Trinajstić information content (AvgIpc) is 2.75. The molecule has 1 saturated carbocycles. The Balaban J connectivity index is 1.43. The minimum atomic E-state index is -0.537. The van der Waals surface area contributed by atoms with Crippen molar-refractivity contribution in [2.24, 2.45) is 5.73 Å². The second kappa shape index (κ2) is 8.75. The third-order valence-electron chi connectivity index (χ3n) is 5.36. The van der Waals surface area contributed by atoms with Gasteiger partial charge in [-0.05, 0) is 56.0 Å². The minimum Gasteiger partial charge on any atom is -0.494 e. The molecule has 1 aromatic carbocycles. The van der Waals surface area contributed by atoms with Crippen molar-refractivity contribution in [2.45, 2.75) is 37.8 Å². The molecule has 2 heterocycles. The SMILES string of the molecule is COc1cnc(NC2CCC(Oc3ncccc3C(N)=O)CC2)c2cc(Cl)ccc12. The van der Waals surface area contributed by atoms with Crippen molar-refractivity contribution in [3.05, 3.63) is 53.3 Å². The number of primary amides is 1. The van der Waals surface area contributed by atoms with E-state index in [1.807, 2.05) is 18.2 Å². The first-order valence-corrected chi connectivity index (χ1v) is 10.2. The second-order valence-electron chi connectivity index (χ2n) is 7.32. The first-order valence-electron chi connectivity index (χ1n) is 9.85. The van der Waals surface area contributed by atoms with E-state index >= 15 is 0 Å². The summed E-state index contributed by atoms with van der Waals surface area (Å²) in [6.45, 7) is 0. The number of carbonyl (C=O) groups excluding carboxylic acids is 1. The van der Waals surface area contributed by atoms with Gasteiger partial charge in [-0.3, -0.25) is 4.79 Å². The molecule has 0 radical (unpaired) electrons. The van der Waals surface area contributed by atoms with Gasteiger partial charge in [0, 0.05) is 28.0 Å². The third kappa shape index (κ3) is 4.26. The number of methoxy groups -OCH3 is 1. The number of hydrogen-bond acceptors (Lipinski definition) is 6. The van der Waals surface area contributed by atoms with E-state index < -0.39 is 5.91 Å². The summed E-state index contributed by atoms with van der Waals surface area (Å²) in [6.07, 6.45) is 6.78. The van der Waals surface area contributed by atoms with E-state index in [2.05, 4.69) is 15.3 Å². The van der Waals surface area contributed by atoms with Crippen LogP contribution in [0, 0.1) is 0 Å². The Morgan fingerprint density at radius 1 is 1.17 bits per heavy atom.